The van der Waals surface area contributed by atoms with E-state index in [1.807, 2.05) is 0 Å². The number of hydrogen-bond donors (Lipinski definition) is 2. The third-order valence-electron chi connectivity index (χ3n) is 1.97. The van der Waals surface area contributed by atoms with Crippen LogP contribution in [-0.2, 0) is 9.53 Å². The van der Waals surface area contributed by atoms with Crippen LogP contribution in [0.2, 0.25) is 0 Å². The molecule has 1 rings (SSSR count). The van der Waals surface area contributed by atoms with Crippen molar-refractivity contribution in [2.24, 2.45) is 0 Å². The van der Waals surface area contributed by atoms with Gasteiger partial charge in [-0.2, -0.15) is 13.2 Å². The van der Waals surface area contributed by atoms with E-state index in [-0.39, 0.29) is 5.56 Å². The predicted octanol–water partition coefficient (Wildman–Crippen LogP) is 1.10. The zero-order valence-corrected chi connectivity index (χ0v) is 9.66. The molecule has 104 valence electrons. The van der Waals surface area contributed by atoms with Crippen molar-refractivity contribution >= 4 is 17.6 Å². The Bertz CT molecular complexity index is 457. The first-order valence-electron chi connectivity index (χ1n) is 5.14. The van der Waals surface area contributed by atoms with Gasteiger partial charge in [0.25, 0.3) is 5.91 Å². The van der Waals surface area contributed by atoms with Gasteiger partial charge < -0.3 is 15.8 Å². The summed E-state index contributed by atoms with van der Waals surface area (Å²) in [5, 5.41) is 1.58. The van der Waals surface area contributed by atoms with Crippen molar-refractivity contribution in [3.05, 3.63) is 29.8 Å². The molecular weight excluding hydrogens is 265 g/mol. The summed E-state index contributed by atoms with van der Waals surface area (Å²) in [7, 11) is 0. The van der Waals surface area contributed by atoms with E-state index in [9.17, 15) is 22.8 Å². The van der Waals surface area contributed by atoms with E-state index in [0.717, 1.165) is 0 Å². The molecule has 0 aliphatic heterocycles. The highest BCUT2D eigenvalue weighted by Gasteiger charge is 2.27. The number of anilines is 1. The third kappa shape index (κ3) is 5.75. The molecule has 5 nitrogen and oxygen atoms in total. The summed E-state index contributed by atoms with van der Waals surface area (Å²) in [4.78, 5) is 22.4. The van der Waals surface area contributed by atoms with Gasteiger partial charge in [0.2, 0.25) is 0 Å². The van der Waals surface area contributed by atoms with Crippen LogP contribution in [0.3, 0.4) is 0 Å². The van der Waals surface area contributed by atoms with Crippen molar-refractivity contribution in [3.63, 3.8) is 0 Å². The molecule has 0 aliphatic rings. The largest absolute Gasteiger partial charge is 0.452 e. The molecule has 8 heteroatoms. The van der Waals surface area contributed by atoms with Gasteiger partial charge in [-0.3, -0.25) is 4.79 Å². The molecule has 0 heterocycles. The molecule has 0 atom stereocenters. The summed E-state index contributed by atoms with van der Waals surface area (Å²) >= 11 is 0. The van der Waals surface area contributed by atoms with Crippen molar-refractivity contribution in [1.82, 2.24) is 5.32 Å². The first-order chi connectivity index (χ1) is 8.78. The molecule has 0 saturated heterocycles. The number of amides is 1. The molecule has 0 unspecified atom stereocenters. The van der Waals surface area contributed by atoms with E-state index in [4.69, 9.17) is 5.73 Å². The van der Waals surface area contributed by atoms with Gasteiger partial charge in [0.1, 0.15) is 6.54 Å². The van der Waals surface area contributed by atoms with Crippen LogP contribution in [0.5, 0.6) is 0 Å². The topological polar surface area (TPSA) is 81.4 Å². The second-order valence-electron chi connectivity index (χ2n) is 3.59. The van der Waals surface area contributed by atoms with Gasteiger partial charge in [0.05, 0.1) is 5.56 Å². The number of benzene rings is 1. The lowest BCUT2D eigenvalue weighted by molar-refractivity contribution is -0.140. The minimum Gasteiger partial charge on any atom is -0.452 e. The maximum absolute atomic E-state index is 11.8. The quantitative estimate of drug-likeness (QED) is 0.637. The minimum atomic E-state index is -4.50. The van der Waals surface area contributed by atoms with Crippen molar-refractivity contribution < 1.29 is 27.5 Å². The molecule has 19 heavy (non-hydrogen) atoms. The minimum absolute atomic E-state index is 0.151. The van der Waals surface area contributed by atoms with Gasteiger partial charge in [-0.05, 0) is 24.3 Å². The lowest BCUT2D eigenvalue weighted by atomic mass is 10.2. The summed E-state index contributed by atoms with van der Waals surface area (Å²) < 4.78 is 39.9. The van der Waals surface area contributed by atoms with Gasteiger partial charge in [-0.1, -0.05) is 0 Å². The van der Waals surface area contributed by atoms with Crippen molar-refractivity contribution in [2.75, 3.05) is 18.9 Å². The Morgan fingerprint density at radius 1 is 1.21 bits per heavy atom. The smallest absolute Gasteiger partial charge is 0.405 e. The Labute approximate surface area is 106 Å². The number of carbonyl (C=O) groups is 2. The molecule has 1 amide bonds. The lowest BCUT2D eigenvalue weighted by Crippen LogP contribution is -2.36. The number of ether oxygens (including phenoxy) is 1. The van der Waals surface area contributed by atoms with Gasteiger partial charge in [-0.15, -0.1) is 0 Å². The van der Waals surface area contributed by atoms with E-state index in [2.05, 4.69) is 4.74 Å². The molecule has 0 aromatic heterocycles. The maximum atomic E-state index is 11.8. The Kier molecular flexibility index (Phi) is 4.74. The van der Waals surface area contributed by atoms with E-state index in [1.165, 1.54) is 24.3 Å². The van der Waals surface area contributed by atoms with Crippen LogP contribution in [0, 0.1) is 0 Å². The zero-order chi connectivity index (χ0) is 14.5. The molecule has 0 aliphatic carbocycles. The second kappa shape index (κ2) is 6.07. The number of carbonyl (C=O) groups excluding carboxylic acids is 2. The van der Waals surface area contributed by atoms with Gasteiger partial charge in [0, 0.05) is 5.69 Å². The molecule has 0 spiro atoms. The standard InChI is InChI=1S/C11H11F3N2O3/c12-11(13,14)6-16-9(17)5-19-10(18)7-1-3-8(15)4-2-7/h1-4H,5-6,15H2,(H,16,17). The summed E-state index contributed by atoms with van der Waals surface area (Å²) in [6.45, 7) is -2.25. The monoisotopic (exact) mass is 276 g/mol. The first kappa shape index (κ1) is 14.8. The highest BCUT2D eigenvalue weighted by atomic mass is 19.4. The molecule has 3 N–H and O–H groups in total. The third-order valence-corrected chi connectivity index (χ3v) is 1.97. The molecule has 0 fully saturated rings. The van der Waals surface area contributed by atoms with E-state index < -0.39 is 31.2 Å². The van der Waals surface area contributed by atoms with E-state index >= 15 is 0 Å². The van der Waals surface area contributed by atoms with Gasteiger partial charge >= 0.3 is 12.1 Å². The van der Waals surface area contributed by atoms with Crippen LogP contribution in [-0.4, -0.2) is 31.2 Å². The SMILES string of the molecule is Nc1ccc(C(=O)OCC(=O)NCC(F)(F)F)cc1. The first-order valence-corrected chi connectivity index (χ1v) is 5.14. The second-order valence-corrected chi connectivity index (χ2v) is 3.59. The van der Waals surface area contributed by atoms with Crippen LogP contribution in [0.4, 0.5) is 18.9 Å². The number of esters is 1. The summed E-state index contributed by atoms with van der Waals surface area (Å²) in [5.74, 6) is -1.84. The normalized spacial score (nSPS) is 10.9. The summed E-state index contributed by atoms with van der Waals surface area (Å²) in [6.07, 6.45) is -4.50. The average molecular weight is 276 g/mol. The molecule has 1 aromatic rings. The zero-order valence-electron chi connectivity index (χ0n) is 9.66. The Morgan fingerprint density at radius 2 is 1.79 bits per heavy atom. The van der Waals surface area contributed by atoms with Gasteiger partial charge in [0.15, 0.2) is 6.61 Å². The Balaban J connectivity index is 2.38. The molecule has 0 saturated carbocycles. The predicted molar refractivity (Wildman–Crippen MR) is 60.2 cm³/mol. The van der Waals surface area contributed by atoms with Crippen LogP contribution >= 0.6 is 0 Å². The van der Waals surface area contributed by atoms with Crippen LogP contribution in [0.15, 0.2) is 24.3 Å². The van der Waals surface area contributed by atoms with Crippen LogP contribution in [0.1, 0.15) is 10.4 Å². The fourth-order valence-electron chi connectivity index (χ4n) is 1.08. The molecular formula is C11H11F3N2O3. The Morgan fingerprint density at radius 3 is 2.32 bits per heavy atom. The maximum Gasteiger partial charge on any atom is 0.405 e. The van der Waals surface area contributed by atoms with Crippen LogP contribution in [0.25, 0.3) is 0 Å². The number of rotatable bonds is 4. The average Bonchev–Trinajstić information content (AvgIpc) is 2.33. The van der Waals surface area contributed by atoms with E-state index in [0.29, 0.717) is 5.69 Å². The fourth-order valence-corrected chi connectivity index (χ4v) is 1.08. The number of nitrogen functional groups attached to an aromatic ring is 1. The molecule has 1 aromatic carbocycles. The summed E-state index contributed by atoms with van der Waals surface area (Å²) in [5.41, 5.74) is 6.00. The highest BCUT2D eigenvalue weighted by Crippen LogP contribution is 2.12. The van der Waals surface area contributed by atoms with Gasteiger partial charge in [-0.25, -0.2) is 4.79 Å². The van der Waals surface area contributed by atoms with Crippen molar-refractivity contribution in [2.45, 2.75) is 6.18 Å². The molecule has 0 bridgehead atoms. The number of halogens is 3. The fraction of sp³-hybridized carbons (Fsp3) is 0.273. The number of nitrogens with one attached hydrogen (secondary N) is 1. The number of hydrogen-bond acceptors (Lipinski definition) is 4. The molecule has 0 radical (unpaired) electrons. The van der Waals surface area contributed by atoms with Crippen molar-refractivity contribution in [1.29, 1.82) is 0 Å². The number of nitrogens with two attached hydrogens (primary N) is 1. The van der Waals surface area contributed by atoms with Crippen molar-refractivity contribution in [3.8, 4) is 0 Å². The summed E-state index contributed by atoms with van der Waals surface area (Å²) in [6, 6.07) is 5.68. The highest BCUT2D eigenvalue weighted by molar-refractivity contribution is 5.91. The Hall–Kier alpha value is -2.25. The number of alkyl halides is 3. The van der Waals surface area contributed by atoms with Crippen LogP contribution < -0.4 is 11.1 Å². The lowest BCUT2D eigenvalue weighted by Gasteiger charge is -2.08. The van der Waals surface area contributed by atoms with E-state index in [1.54, 1.807) is 5.32 Å².